The van der Waals surface area contributed by atoms with Gasteiger partial charge < -0.3 is 14.2 Å². The summed E-state index contributed by atoms with van der Waals surface area (Å²) in [5.74, 6) is 1.20. The third-order valence-corrected chi connectivity index (χ3v) is 6.06. The van der Waals surface area contributed by atoms with Gasteiger partial charge in [0.25, 0.3) is 5.91 Å². The minimum absolute atomic E-state index is 0.258. The number of rotatable bonds is 8. The summed E-state index contributed by atoms with van der Waals surface area (Å²) in [4.78, 5) is 24.5. The number of aldehydes is 1. The zero-order valence-corrected chi connectivity index (χ0v) is 20.3. The van der Waals surface area contributed by atoms with Gasteiger partial charge in [-0.05, 0) is 47.5 Å². The highest BCUT2D eigenvalue weighted by molar-refractivity contribution is 9.10. The first kappa shape index (κ1) is 23.5. The van der Waals surface area contributed by atoms with E-state index in [1.165, 1.54) is 5.01 Å². The molecule has 0 N–H and O–H groups in total. The maximum absolute atomic E-state index is 13.3. The number of hydrazone groups is 1. The molecule has 0 saturated carbocycles. The van der Waals surface area contributed by atoms with Crippen molar-refractivity contribution in [3.05, 3.63) is 87.9 Å². The molecule has 0 aromatic heterocycles. The summed E-state index contributed by atoms with van der Waals surface area (Å²) >= 11 is 3.45. The highest BCUT2D eigenvalue weighted by atomic mass is 79.9. The molecule has 174 valence electrons. The molecule has 1 heterocycles. The summed E-state index contributed by atoms with van der Waals surface area (Å²) in [6.45, 7) is -0.258. The maximum atomic E-state index is 13.3. The lowest BCUT2D eigenvalue weighted by Crippen LogP contribution is -2.31. The zero-order valence-electron chi connectivity index (χ0n) is 18.7. The number of halogens is 1. The van der Waals surface area contributed by atoms with Crippen molar-refractivity contribution in [3.63, 3.8) is 0 Å². The summed E-state index contributed by atoms with van der Waals surface area (Å²) in [5.41, 5.74) is 2.95. The predicted molar refractivity (Wildman–Crippen MR) is 132 cm³/mol. The van der Waals surface area contributed by atoms with Crippen LogP contribution < -0.4 is 14.2 Å². The lowest BCUT2D eigenvalue weighted by Gasteiger charge is -2.23. The second kappa shape index (κ2) is 10.5. The molecule has 3 aromatic rings. The van der Waals surface area contributed by atoms with Crippen LogP contribution in [-0.2, 0) is 4.79 Å². The summed E-state index contributed by atoms with van der Waals surface area (Å²) in [5, 5.41) is 6.11. The van der Waals surface area contributed by atoms with Gasteiger partial charge in [-0.2, -0.15) is 5.10 Å². The fraction of sp³-hybridized carbons (Fsp3) is 0.192. The van der Waals surface area contributed by atoms with Crippen molar-refractivity contribution in [2.24, 2.45) is 5.10 Å². The van der Waals surface area contributed by atoms with Gasteiger partial charge in [-0.3, -0.25) is 9.59 Å². The number of para-hydroxylation sites is 1. The molecule has 1 atom stereocenters. The fourth-order valence-electron chi connectivity index (χ4n) is 3.79. The molecule has 1 aliphatic heterocycles. The second-order valence-corrected chi connectivity index (χ2v) is 8.49. The maximum Gasteiger partial charge on any atom is 0.281 e. The minimum Gasteiger partial charge on any atom is -0.493 e. The first-order valence-electron chi connectivity index (χ1n) is 10.6. The quantitative estimate of drug-likeness (QED) is 0.387. The van der Waals surface area contributed by atoms with E-state index in [4.69, 9.17) is 14.2 Å². The molecule has 34 heavy (non-hydrogen) atoms. The molecule has 1 unspecified atom stereocenters. The monoisotopic (exact) mass is 522 g/mol. The van der Waals surface area contributed by atoms with Crippen LogP contribution in [0.5, 0.6) is 17.2 Å². The summed E-state index contributed by atoms with van der Waals surface area (Å²) in [7, 11) is 3.15. The van der Waals surface area contributed by atoms with Crippen LogP contribution in [0, 0.1) is 0 Å². The van der Waals surface area contributed by atoms with Gasteiger partial charge in [0, 0.05) is 10.9 Å². The number of amides is 1. The highest BCUT2D eigenvalue weighted by Gasteiger charge is 2.34. The normalized spacial score (nSPS) is 15.0. The van der Waals surface area contributed by atoms with Gasteiger partial charge in [-0.1, -0.05) is 46.3 Å². The van der Waals surface area contributed by atoms with E-state index in [0.29, 0.717) is 35.5 Å². The molecular weight excluding hydrogens is 500 g/mol. The molecule has 4 rings (SSSR count). The third kappa shape index (κ3) is 4.97. The number of methoxy groups -OCH3 is 2. The van der Waals surface area contributed by atoms with Gasteiger partial charge in [0.05, 0.1) is 31.5 Å². The third-order valence-electron chi connectivity index (χ3n) is 5.53. The van der Waals surface area contributed by atoms with Gasteiger partial charge >= 0.3 is 0 Å². The topological polar surface area (TPSA) is 77.4 Å². The van der Waals surface area contributed by atoms with Crippen LogP contribution in [0.2, 0.25) is 0 Å². The van der Waals surface area contributed by atoms with Gasteiger partial charge in [0.2, 0.25) is 0 Å². The Morgan fingerprint density at radius 3 is 2.47 bits per heavy atom. The SMILES string of the molecule is COc1ccc(C2CC(c3ccc(Br)cc3)=NN2C(=O)COc2ccccc2C=O)cc1OC. The molecule has 0 radical (unpaired) electrons. The van der Waals surface area contributed by atoms with E-state index in [0.717, 1.165) is 21.3 Å². The van der Waals surface area contributed by atoms with Gasteiger partial charge in [-0.25, -0.2) is 5.01 Å². The average Bonchev–Trinajstić information content (AvgIpc) is 3.33. The molecule has 0 fully saturated rings. The molecule has 0 saturated heterocycles. The van der Waals surface area contributed by atoms with Gasteiger partial charge in [0.15, 0.2) is 24.4 Å². The number of carbonyl (C=O) groups is 2. The first-order chi connectivity index (χ1) is 16.5. The molecule has 7 nitrogen and oxygen atoms in total. The smallest absolute Gasteiger partial charge is 0.281 e. The van der Waals surface area contributed by atoms with Crippen LogP contribution in [0.3, 0.4) is 0 Å². The number of ether oxygens (including phenoxy) is 3. The van der Waals surface area contributed by atoms with Crippen molar-refractivity contribution in [1.82, 2.24) is 5.01 Å². The number of hydrogen-bond donors (Lipinski definition) is 0. The van der Waals surface area contributed by atoms with E-state index in [1.54, 1.807) is 38.5 Å². The van der Waals surface area contributed by atoms with Crippen molar-refractivity contribution < 1.29 is 23.8 Å². The Kier molecular flexibility index (Phi) is 7.27. The Labute approximate surface area is 206 Å². The van der Waals surface area contributed by atoms with Gasteiger partial charge in [0.1, 0.15) is 5.75 Å². The highest BCUT2D eigenvalue weighted by Crippen LogP contribution is 2.37. The van der Waals surface area contributed by atoms with Crippen LogP contribution in [0.25, 0.3) is 0 Å². The molecule has 0 spiro atoms. The van der Waals surface area contributed by atoms with Crippen molar-refractivity contribution in [2.45, 2.75) is 12.5 Å². The van der Waals surface area contributed by atoms with Crippen molar-refractivity contribution in [1.29, 1.82) is 0 Å². The van der Waals surface area contributed by atoms with Crippen molar-refractivity contribution in [2.75, 3.05) is 20.8 Å². The first-order valence-corrected chi connectivity index (χ1v) is 11.4. The van der Waals surface area contributed by atoms with Crippen LogP contribution in [0.4, 0.5) is 0 Å². The number of nitrogens with zero attached hydrogens (tertiary/aromatic N) is 2. The van der Waals surface area contributed by atoms with Crippen LogP contribution in [0.1, 0.15) is 33.9 Å². The summed E-state index contributed by atoms with van der Waals surface area (Å²) in [6.07, 6.45) is 1.22. The fourth-order valence-corrected chi connectivity index (χ4v) is 4.06. The van der Waals surface area contributed by atoms with Gasteiger partial charge in [-0.15, -0.1) is 0 Å². The summed E-state index contributed by atoms with van der Waals surface area (Å²) in [6, 6.07) is 19.8. The predicted octanol–water partition coefficient (Wildman–Crippen LogP) is 5.04. The minimum atomic E-state index is -0.351. The molecule has 0 bridgehead atoms. The molecule has 0 aliphatic carbocycles. The van der Waals surface area contributed by atoms with E-state index in [2.05, 4.69) is 21.0 Å². The molecule has 1 amide bonds. The lowest BCUT2D eigenvalue weighted by atomic mass is 9.98. The van der Waals surface area contributed by atoms with E-state index >= 15 is 0 Å². The molecule has 3 aromatic carbocycles. The number of hydrogen-bond acceptors (Lipinski definition) is 6. The molecule has 1 aliphatic rings. The Hall–Kier alpha value is -3.65. The summed E-state index contributed by atoms with van der Waals surface area (Å²) < 4.78 is 17.5. The Morgan fingerprint density at radius 1 is 1.03 bits per heavy atom. The molecule has 8 heteroatoms. The number of carbonyl (C=O) groups excluding carboxylic acids is 2. The Bertz CT molecular complexity index is 1230. The average molecular weight is 523 g/mol. The van der Waals surface area contributed by atoms with Crippen LogP contribution in [0.15, 0.2) is 76.3 Å². The largest absolute Gasteiger partial charge is 0.493 e. The zero-order chi connectivity index (χ0) is 24.1. The Balaban J connectivity index is 1.63. The van der Waals surface area contributed by atoms with Crippen LogP contribution in [-0.4, -0.2) is 43.7 Å². The van der Waals surface area contributed by atoms with E-state index in [1.807, 2.05) is 42.5 Å². The van der Waals surface area contributed by atoms with E-state index in [9.17, 15) is 9.59 Å². The lowest BCUT2D eigenvalue weighted by molar-refractivity contribution is -0.135. The van der Waals surface area contributed by atoms with E-state index in [-0.39, 0.29) is 18.6 Å². The standard InChI is InChI=1S/C26H23BrN2O5/c1-32-24-12-9-18(13-25(24)33-2)22-14-21(17-7-10-20(27)11-8-17)28-29(22)26(31)16-34-23-6-4-3-5-19(23)15-30/h3-13,15,22H,14,16H2,1-2H3. The van der Waals surface area contributed by atoms with Crippen LogP contribution >= 0.6 is 15.9 Å². The van der Waals surface area contributed by atoms with E-state index < -0.39 is 0 Å². The van der Waals surface area contributed by atoms with Crippen molar-refractivity contribution in [3.8, 4) is 17.2 Å². The second-order valence-electron chi connectivity index (χ2n) is 7.57. The molecular formula is C26H23BrN2O5. The van der Waals surface area contributed by atoms with Crippen molar-refractivity contribution >= 4 is 33.8 Å². The number of benzene rings is 3. The Morgan fingerprint density at radius 2 is 1.76 bits per heavy atom.